The topological polar surface area (TPSA) is 61.4 Å². The molecule has 170 valence electrons. The lowest BCUT2D eigenvalue weighted by Gasteiger charge is -2.39. The zero-order valence-corrected chi connectivity index (χ0v) is 20.3. The van der Waals surface area contributed by atoms with Gasteiger partial charge in [0.15, 0.2) is 7.60 Å². The van der Waals surface area contributed by atoms with Gasteiger partial charge < -0.3 is 19.3 Å². The SMILES string of the molecule is CCCCCCCCCCCCCCCCCCNC(C)(C)P(=O)([O-])OCC. The van der Waals surface area contributed by atoms with Crippen molar-refractivity contribution in [2.45, 2.75) is 136 Å². The second-order valence-electron chi connectivity index (χ2n) is 8.70. The fourth-order valence-electron chi connectivity index (χ4n) is 3.50. The van der Waals surface area contributed by atoms with Crippen molar-refractivity contribution in [2.75, 3.05) is 13.2 Å². The Kier molecular flexibility index (Phi) is 18.0. The van der Waals surface area contributed by atoms with Crippen molar-refractivity contribution in [3.05, 3.63) is 0 Å². The van der Waals surface area contributed by atoms with Gasteiger partial charge in [0.25, 0.3) is 0 Å². The van der Waals surface area contributed by atoms with Gasteiger partial charge in [-0.3, -0.25) is 0 Å². The fourth-order valence-corrected chi connectivity index (χ4v) is 4.46. The standard InChI is InChI=1S/C23H50NO3P/c1-5-7-8-9-10-11-12-13-14-15-16-17-18-19-20-21-22-24-23(3,4)28(25,26)27-6-2/h24H,5-22H2,1-4H3,(H,25,26)/p-1. The lowest BCUT2D eigenvalue weighted by atomic mass is 10.0. The lowest BCUT2D eigenvalue weighted by molar-refractivity contribution is -0.205. The van der Waals surface area contributed by atoms with Crippen LogP contribution in [0.1, 0.15) is 130 Å². The molecule has 4 nitrogen and oxygen atoms in total. The predicted octanol–water partition coefficient (Wildman–Crippen LogP) is 7.16. The molecule has 0 bridgehead atoms. The van der Waals surface area contributed by atoms with Gasteiger partial charge in [-0.15, -0.1) is 0 Å². The Morgan fingerprint density at radius 1 is 0.714 bits per heavy atom. The summed E-state index contributed by atoms with van der Waals surface area (Å²) < 4.78 is 16.9. The van der Waals surface area contributed by atoms with E-state index in [9.17, 15) is 9.46 Å². The van der Waals surface area contributed by atoms with E-state index in [0.29, 0.717) is 0 Å². The molecule has 0 rings (SSSR count). The summed E-state index contributed by atoms with van der Waals surface area (Å²) in [6.07, 6.45) is 21.6. The zero-order chi connectivity index (χ0) is 21.1. The monoisotopic (exact) mass is 418 g/mol. The van der Waals surface area contributed by atoms with E-state index >= 15 is 0 Å². The molecule has 0 aromatic heterocycles. The van der Waals surface area contributed by atoms with Gasteiger partial charge in [-0.2, -0.15) is 0 Å². The highest BCUT2D eigenvalue weighted by molar-refractivity contribution is 7.53. The molecule has 5 heteroatoms. The molecule has 0 aliphatic rings. The molecule has 0 aliphatic heterocycles. The fraction of sp³-hybridized carbons (Fsp3) is 1.00. The third-order valence-electron chi connectivity index (χ3n) is 5.57. The average Bonchev–Trinajstić information content (AvgIpc) is 2.64. The molecule has 28 heavy (non-hydrogen) atoms. The van der Waals surface area contributed by atoms with Crippen LogP contribution in [0.5, 0.6) is 0 Å². The predicted molar refractivity (Wildman–Crippen MR) is 121 cm³/mol. The second kappa shape index (κ2) is 17.9. The number of hydrogen-bond acceptors (Lipinski definition) is 4. The normalized spacial score (nSPS) is 14.3. The lowest BCUT2D eigenvalue weighted by Crippen LogP contribution is -2.43. The summed E-state index contributed by atoms with van der Waals surface area (Å²) in [5.74, 6) is 0. The van der Waals surface area contributed by atoms with Crippen molar-refractivity contribution in [2.24, 2.45) is 0 Å². The minimum atomic E-state index is -3.85. The first kappa shape index (κ1) is 28.1. The molecule has 0 heterocycles. The molecular weight excluding hydrogens is 369 g/mol. The van der Waals surface area contributed by atoms with E-state index in [1.807, 2.05) is 0 Å². The number of rotatable bonds is 21. The average molecular weight is 419 g/mol. The Balaban J connectivity index is 3.35. The van der Waals surface area contributed by atoms with E-state index in [1.54, 1.807) is 20.8 Å². The maximum atomic E-state index is 12.0. The van der Waals surface area contributed by atoms with Crippen molar-refractivity contribution in [1.82, 2.24) is 5.32 Å². The molecule has 1 unspecified atom stereocenters. The zero-order valence-electron chi connectivity index (χ0n) is 19.4. The van der Waals surface area contributed by atoms with Gasteiger partial charge in [-0.25, -0.2) is 0 Å². The van der Waals surface area contributed by atoms with Crippen molar-refractivity contribution < 1.29 is 14.0 Å². The van der Waals surface area contributed by atoms with Crippen LogP contribution in [-0.4, -0.2) is 18.4 Å². The Hall–Kier alpha value is 0.110. The van der Waals surface area contributed by atoms with Gasteiger partial charge in [0.1, 0.15) is 0 Å². The van der Waals surface area contributed by atoms with Crippen LogP contribution in [0, 0.1) is 0 Å². The molecule has 0 aliphatic carbocycles. The van der Waals surface area contributed by atoms with E-state index in [-0.39, 0.29) is 6.61 Å². The van der Waals surface area contributed by atoms with E-state index < -0.39 is 12.9 Å². The summed E-state index contributed by atoms with van der Waals surface area (Å²) in [6, 6.07) is 0. The molecule has 0 aromatic carbocycles. The molecule has 0 saturated carbocycles. The third kappa shape index (κ3) is 15.0. The van der Waals surface area contributed by atoms with Crippen molar-refractivity contribution in [3.63, 3.8) is 0 Å². The summed E-state index contributed by atoms with van der Waals surface area (Å²) in [5.41, 5.74) is 0. The smallest absolute Gasteiger partial charge is 0.154 e. The van der Waals surface area contributed by atoms with E-state index in [4.69, 9.17) is 4.52 Å². The molecule has 0 aromatic rings. The molecular formula is C23H49NO3P-. The van der Waals surface area contributed by atoms with Crippen molar-refractivity contribution in [1.29, 1.82) is 0 Å². The van der Waals surface area contributed by atoms with Gasteiger partial charge in [-0.05, 0) is 33.7 Å². The summed E-state index contributed by atoms with van der Waals surface area (Å²) in [6.45, 7) is 8.27. The first-order chi connectivity index (χ1) is 13.4. The summed E-state index contributed by atoms with van der Waals surface area (Å²) in [7, 11) is -3.85. The quantitative estimate of drug-likeness (QED) is 0.159. The van der Waals surface area contributed by atoms with E-state index in [2.05, 4.69) is 12.2 Å². The van der Waals surface area contributed by atoms with Crippen LogP contribution >= 0.6 is 7.60 Å². The van der Waals surface area contributed by atoms with Gasteiger partial charge in [-0.1, -0.05) is 103 Å². The molecule has 0 spiro atoms. The van der Waals surface area contributed by atoms with Crippen LogP contribution in [0.25, 0.3) is 0 Å². The minimum Gasteiger partial charge on any atom is -0.777 e. The Morgan fingerprint density at radius 2 is 1.07 bits per heavy atom. The number of unbranched alkanes of at least 4 members (excludes halogenated alkanes) is 15. The summed E-state index contributed by atoms with van der Waals surface area (Å²) in [5, 5.41) is 2.15. The van der Waals surface area contributed by atoms with Crippen LogP contribution in [-0.2, 0) is 9.09 Å². The molecule has 1 atom stereocenters. The van der Waals surface area contributed by atoms with Gasteiger partial charge >= 0.3 is 0 Å². The van der Waals surface area contributed by atoms with Crippen LogP contribution in [0.3, 0.4) is 0 Å². The van der Waals surface area contributed by atoms with E-state index in [0.717, 1.165) is 13.0 Å². The second-order valence-corrected chi connectivity index (χ2v) is 11.1. The maximum Gasteiger partial charge on any atom is 0.154 e. The minimum absolute atomic E-state index is 0.199. The molecule has 0 radical (unpaired) electrons. The largest absolute Gasteiger partial charge is 0.777 e. The summed E-state index contributed by atoms with van der Waals surface area (Å²) in [4.78, 5) is 12.0. The first-order valence-corrected chi connectivity index (χ1v) is 13.6. The van der Waals surface area contributed by atoms with Crippen molar-refractivity contribution in [3.8, 4) is 0 Å². The molecule has 0 amide bonds. The summed E-state index contributed by atoms with van der Waals surface area (Å²) >= 11 is 0. The number of nitrogens with one attached hydrogen (secondary N) is 1. The molecule has 0 saturated heterocycles. The van der Waals surface area contributed by atoms with Crippen LogP contribution in [0.2, 0.25) is 0 Å². The van der Waals surface area contributed by atoms with Crippen LogP contribution in [0.4, 0.5) is 0 Å². The molecule has 1 N–H and O–H groups in total. The third-order valence-corrected chi connectivity index (χ3v) is 7.70. The van der Waals surface area contributed by atoms with Crippen LogP contribution < -0.4 is 10.2 Å². The highest BCUT2D eigenvalue weighted by Gasteiger charge is 2.30. The van der Waals surface area contributed by atoms with E-state index in [1.165, 1.54) is 96.3 Å². The Morgan fingerprint density at radius 3 is 1.43 bits per heavy atom. The Labute approximate surface area is 176 Å². The van der Waals surface area contributed by atoms with Gasteiger partial charge in [0.05, 0.1) is 11.9 Å². The number of hydrogen-bond donors (Lipinski definition) is 1. The maximum absolute atomic E-state index is 12.0. The first-order valence-electron chi connectivity index (χ1n) is 12.1. The highest BCUT2D eigenvalue weighted by atomic mass is 31.2. The van der Waals surface area contributed by atoms with Crippen molar-refractivity contribution >= 4 is 7.60 Å². The Bertz CT molecular complexity index is 388. The molecule has 0 fully saturated rings. The van der Waals surface area contributed by atoms with Gasteiger partial charge in [0.2, 0.25) is 0 Å². The van der Waals surface area contributed by atoms with Crippen LogP contribution in [0.15, 0.2) is 0 Å². The highest BCUT2D eigenvalue weighted by Crippen LogP contribution is 2.49. The van der Waals surface area contributed by atoms with Gasteiger partial charge in [0, 0.05) is 0 Å².